The fourth-order valence-electron chi connectivity index (χ4n) is 3.13. The van der Waals surface area contributed by atoms with E-state index >= 15 is 0 Å². The number of rotatable bonds is 6. The molecule has 2 N–H and O–H groups in total. The summed E-state index contributed by atoms with van der Waals surface area (Å²) in [5, 5.41) is 15.3. The van der Waals surface area contributed by atoms with Gasteiger partial charge in [0.25, 0.3) is 0 Å². The minimum atomic E-state index is 0. The highest BCUT2D eigenvalue weighted by molar-refractivity contribution is 14.0. The maximum Gasteiger partial charge on any atom is 0.191 e. The van der Waals surface area contributed by atoms with Gasteiger partial charge in [-0.15, -0.1) is 34.2 Å². The smallest absolute Gasteiger partial charge is 0.191 e. The van der Waals surface area contributed by atoms with E-state index in [9.17, 15) is 0 Å². The van der Waals surface area contributed by atoms with Gasteiger partial charge >= 0.3 is 0 Å². The van der Waals surface area contributed by atoms with Crippen LogP contribution < -0.4 is 10.6 Å². The third-order valence-corrected chi connectivity index (χ3v) is 4.48. The van der Waals surface area contributed by atoms with E-state index < -0.39 is 0 Å². The van der Waals surface area contributed by atoms with Gasteiger partial charge in [0.05, 0.1) is 13.2 Å². The summed E-state index contributed by atoms with van der Waals surface area (Å²) in [5.41, 5.74) is 0. The van der Waals surface area contributed by atoms with Crippen LogP contribution >= 0.6 is 24.0 Å². The molecule has 0 amide bonds. The van der Waals surface area contributed by atoms with Crippen LogP contribution in [-0.4, -0.2) is 71.6 Å². The van der Waals surface area contributed by atoms with Crippen molar-refractivity contribution in [3.63, 3.8) is 0 Å². The van der Waals surface area contributed by atoms with E-state index in [-0.39, 0.29) is 24.0 Å². The number of fused-ring (bicyclic) bond motifs is 1. The Morgan fingerprint density at radius 1 is 1.16 bits per heavy atom. The standard InChI is InChI=1S/C16H29N7O.HI/c1-2-17-16(18-6-8-22-9-11-24-12-10-22)19-13-15-21-20-14-5-3-4-7-23(14)15;/h2-13H2,1H3,(H2,17,18,19);1H. The van der Waals surface area contributed by atoms with Crippen molar-refractivity contribution in [2.45, 2.75) is 39.3 Å². The van der Waals surface area contributed by atoms with Gasteiger partial charge in [0.15, 0.2) is 11.8 Å². The summed E-state index contributed by atoms with van der Waals surface area (Å²) in [4.78, 5) is 7.09. The van der Waals surface area contributed by atoms with Crippen molar-refractivity contribution < 1.29 is 4.74 Å². The van der Waals surface area contributed by atoms with E-state index in [1.807, 2.05) is 0 Å². The molecule has 0 spiro atoms. The Kier molecular flexibility index (Phi) is 8.90. The van der Waals surface area contributed by atoms with E-state index in [1.165, 1.54) is 12.8 Å². The van der Waals surface area contributed by atoms with Crippen LogP contribution in [0, 0.1) is 0 Å². The maximum absolute atomic E-state index is 5.38. The van der Waals surface area contributed by atoms with Crippen LogP contribution in [0.5, 0.6) is 0 Å². The van der Waals surface area contributed by atoms with Gasteiger partial charge < -0.3 is 19.9 Å². The van der Waals surface area contributed by atoms with Gasteiger partial charge in [-0.05, 0) is 19.8 Å². The molecule has 1 aromatic rings. The van der Waals surface area contributed by atoms with Crippen LogP contribution in [0.4, 0.5) is 0 Å². The molecule has 8 nitrogen and oxygen atoms in total. The number of morpholine rings is 1. The molecule has 0 aliphatic carbocycles. The molecule has 2 aliphatic rings. The number of hydrogen-bond donors (Lipinski definition) is 2. The molecule has 1 aromatic heterocycles. The first-order chi connectivity index (χ1) is 11.9. The number of guanidine groups is 1. The molecule has 142 valence electrons. The zero-order valence-corrected chi connectivity index (χ0v) is 17.4. The predicted octanol–water partition coefficient (Wildman–Crippen LogP) is 0.620. The highest BCUT2D eigenvalue weighted by Crippen LogP contribution is 2.14. The SMILES string of the molecule is CCNC(=NCc1nnc2n1CCCC2)NCCN1CCOCC1.I. The first-order valence-electron chi connectivity index (χ1n) is 9.10. The van der Waals surface area contributed by atoms with Crippen LogP contribution in [0.3, 0.4) is 0 Å². The van der Waals surface area contributed by atoms with Crippen molar-refractivity contribution in [1.82, 2.24) is 30.3 Å². The summed E-state index contributed by atoms with van der Waals surface area (Å²) >= 11 is 0. The number of halogens is 1. The molecule has 0 atom stereocenters. The summed E-state index contributed by atoms with van der Waals surface area (Å²) in [7, 11) is 0. The molecule has 2 aliphatic heterocycles. The van der Waals surface area contributed by atoms with Crippen LogP contribution in [0.1, 0.15) is 31.4 Å². The fourth-order valence-corrected chi connectivity index (χ4v) is 3.13. The van der Waals surface area contributed by atoms with Crippen molar-refractivity contribution in [3.05, 3.63) is 11.6 Å². The molecule has 0 bridgehead atoms. The van der Waals surface area contributed by atoms with Crippen LogP contribution in [0.2, 0.25) is 0 Å². The second kappa shape index (κ2) is 10.9. The Hall–Kier alpha value is -0.940. The van der Waals surface area contributed by atoms with Crippen molar-refractivity contribution in [2.24, 2.45) is 4.99 Å². The van der Waals surface area contributed by atoms with Crippen LogP contribution in [0.25, 0.3) is 0 Å². The Labute approximate surface area is 166 Å². The largest absolute Gasteiger partial charge is 0.379 e. The lowest BCUT2D eigenvalue weighted by Crippen LogP contribution is -2.44. The van der Waals surface area contributed by atoms with E-state index in [2.05, 4.69) is 42.2 Å². The summed E-state index contributed by atoms with van der Waals surface area (Å²) in [6.45, 7) is 10.1. The number of aliphatic imine (C=N–C) groups is 1. The lowest BCUT2D eigenvalue weighted by atomic mass is 10.2. The number of nitrogens with zero attached hydrogens (tertiary/aromatic N) is 5. The maximum atomic E-state index is 5.38. The molecule has 0 unspecified atom stereocenters. The van der Waals surface area contributed by atoms with Gasteiger partial charge in [-0.25, -0.2) is 4.99 Å². The zero-order valence-electron chi connectivity index (χ0n) is 15.0. The Morgan fingerprint density at radius 2 is 2.00 bits per heavy atom. The Bertz CT molecular complexity index is 543. The second-order valence-corrected chi connectivity index (χ2v) is 6.22. The monoisotopic (exact) mass is 463 g/mol. The Morgan fingerprint density at radius 3 is 2.80 bits per heavy atom. The minimum Gasteiger partial charge on any atom is -0.379 e. The van der Waals surface area contributed by atoms with Gasteiger partial charge in [0.1, 0.15) is 12.4 Å². The Balaban J connectivity index is 0.00000225. The van der Waals surface area contributed by atoms with E-state index in [4.69, 9.17) is 4.74 Å². The van der Waals surface area contributed by atoms with E-state index in [1.54, 1.807) is 0 Å². The normalized spacial score (nSPS) is 18.4. The van der Waals surface area contributed by atoms with E-state index in [0.29, 0.717) is 6.54 Å². The first kappa shape index (κ1) is 20.4. The lowest BCUT2D eigenvalue weighted by molar-refractivity contribution is 0.0389. The molecule has 9 heteroatoms. The van der Waals surface area contributed by atoms with Crippen LogP contribution in [0.15, 0.2) is 4.99 Å². The molecule has 0 radical (unpaired) electrons. The molecule has 3 heterocycles. The molecule has 25 heavy (non-hydrogen) atoms. The van der Waals surface area contributed by atoms with Gasteiger partial charge in [-0.3, -0.25) is 4.90 Å². The number of aryl methyl sites for hydroxylation is 1. The second-order valence-electron chi connectivity index (χ2n) is 6.22. The van der Waals surface area contributed by atoms with Gasteiger partial charge in [0, 0.05) is 45.7 Å². The summed E-state index contributed by atoms with van der Waals surface area (Å²) in [5.74, 6) is 2.92. The third-order valence-electron chi connectivity index (χ3n) is 4.48. The molecule has 1 saturated heterocycles. The number of ether oxygens (including phenoxy) is 1. The zero-order chi connectivity index (χ0) is 16.6. The van der Waals surface area contributed by atoms with Gasteiger partial charge in [-0.1, -0.05) is 0 Å². The number of hydrogen-bond acceptors (Lipinski definition) is 5. The molecular weight excluding hydrogens is 433 g/mol. The molecule has 0 aromatic carbocycles. The summed E-state index contributed by atoms with van der Waals surface area (Å²) in [6.07, 6.45) is 3.46. The molecule has 3 rings (SSSR count). The van der Waals surface area contributed by atoms with Crippen LogP contribution in [-0.2, 0) is 24.2 Å². The first-order valence-corrected chi connectivity index (χ1v) is 9.10. The van der Waals surface area contributed by atoms with Crippen molar-refractivity contribution in [3.8, 4) is 0 Å². The third kappa shape index (κ3) is 6.07. The molecule has 1 fully saturated rings. The summed E-state index contributed by atoms with van der Waals surface area (Å²) in [6, 6.07) is 0. The van der Waals surface area contributed by atoms with Crippen molar-refractivity contribution in [2.75, 3.05) is 45.9 Å². The molecular formula is C16H30IN7O. The summed E-state index contributed by atoms with van der Waals surface area (Å²) < 4.78 is 7.60. The highest BCUT2D eigenvalue weighted by atomic mass is 127. The minimum absolute atomic E-state index is 0. The van der Waals surface area contributed by atoms with Crippen molar-refractivity contribution in [1.29, 1.82) is 0 Å². The number of aromatic nitrogens is 3. The fraction of sp³-hybridized carbons (Fsp3) is 0.812. The van der Waals surface area contributed by atoms with Gasteiger partial charge in [-0.2, -0.15) is 0 Å². The lowest BCUT2D eigenvalue weighted by Gasteiger charge is -2.26. The predicted molar refractivity (Wildman–Crippen MR) is 108 cm³/mol. The quantitative estimate of drug-likeness (QED) is 0.366. The topological polar surface area (TPSA) is 79.6 Å². The number of nitrogens with one attached hydrogen (secondary N) is 2. The van der Waals surface area contributed by atoms with Gasteiger partial charge in [0.2, 0.25) is 0 Å². The van der Waals surface area contributed by atoms with E-state index in [0.717, 1.165) is 76.5 Å². The molecule has 0 saturated carbocycles. The average Bonchev–Trinajstić information content (AvgIpc) is 3.04. The van der Waals surface area contributed by atoms with Crippen molar-refractivity contribution >= 4 is 29.9 Å². The average molecular weight is 463 g/mol. The highest BCUT2D eigenvalue weighted by Gasteiger charge is 2.15.